The van der Waals surface area contributed by atoms with Crippen LogP contribution in [0.25, 0.3) is 0 Å². The Hall–Kier alpha value is -6.04. The summed E-state index contributed by atoms with van der Waals surface area (Å²) in [6.07, 6.45) is 71.8. The van der Waals surface area contributed by atoms with Gasteiger partial charge in [0.05, 0.1) is 48.7 Å². The number of esters is 4. The van der Waals surface area contributed by atoms with Gasteiger partial charge < -0.3 is 37.9 Å². The van der Waals surface area contributed by atoms with Crippen LogP contribution in [0.15, 0.2) is 97.1 Å². The molecule has 0 aromatic heterocycles. The highest BCUT2D eigenvalue weighted by Gasteiger charge is 2.39. The Balaban J connectivity index is 1.40. The molecule has 0 bridgehead atoms. The van der Waals surface area contributed by atoms with Crippen molar-refractivity contribution in [3.8, 4) is 23.0 Å². The molecule has 0 atom stereocenters. The minimum absolute atomic E-state index is 0.258. The van der Waals surface area contributed by atoms with Crippen molar-refractivity contribution in [1.29, 1.82) is 0 Å². The number of hydrogen-bond donors (Lipinski definition) is 0. The Morgan fingerprint density at radius 2 is 0.321 bits per heavy atom. The van der Waals surface area contributed by atoms with E-state index in [4.69, 9.17) is 37.9 Å². The molecule has 12 heteroatoms. The van der Waals surface area contributed by atoms with Crippen molar-refractivity contribution in [3.05, 3.63) is 119 Å². The Morgan fingerprint density at radius 3 is 0.459 bits per heavy atom. The molecule has 0 aliphatic carbocycles. The third-order valence-electron chi connectivity index (χ3n) is 21.5. The van der Waals surface area contributed by atoms with Gasteiger partial charge in [-0.3, -0.25) is 0 Å². The molecular formula is C97H156O12. The zero-order valence-corrected chi connectivity index (χ0v) is 69.9. The molecule has 616 valence electrons. The van der Waals surface area contributed by atoms with Crippen molar-refractivity contribution in [2.45, 2.75) is 387 Å². The van der Waals surface area contributed by atoms with E-state index in [2.05, 4.69) is 27.7 Å². The number of benzene rings is 4. The minimum Gasteiger partial charge on any atom is -0.494 e. The number of carbonyl (C=O) groups is 4. The van der Waals surface area contributed by atoms with Crippen LogP contribution in [0.4, 0.5) is 0 Å². The van der Waals surface area contributed by atoms with Crippen LogP contribution in [0.3, 0.4) is 0 Å². The van der Waals surface area contributed by atoms with E-state index in [1.165, 1.54) is 308 Å². The number of unbranched alkanes of at least 4 members (excludes halogenated alkanes) is 52. The summed E-state index contributed by atoms with van der Waals surface area (Å²) >= 11 is 0. The van der Waals surface area contributed by atoms with Crippen LogP contribution < -0.4 is 18.9 Å². The second-order valence-corrected chi connectivity index (χ2v) is 31.7. The van der Waals surface area contributed by atoms with E-state index in [0.29, 0.717) is 49.4 Å². The van der Waals surface area contributed by atoms with Gasteiger partial charge in [-0.2, -0.15) is 0 Å². The number of ether oxygens (including phenoxy) is 8. The summed E-state index contributed by atoms with van der Waals surface area (Å²) < 4.78 is 48.8. The molecule has 12 nitrogen and oxygen atoms in total. The summed E-state index contributed by atoms with van der Waals surface area (Å²) in [6, 6.07) is 27.2. The monoisotopic (exact) mass is 1510 g/mol. The van der Waals surface area contributed by atoms with Crippen LogP contribution in [-0.2, 0) is 18.9 Å². The van der Waals surface area contributed by atoms with E-state index in [-0.39, 0.29) is 22.3 Å². The minimum atomic E-state index is -1.59. The molecule has 0 amide bonds. The summed E-state index contributed by atoms with van der Waals surface area (Å²) in [4.78, 5) is 56.5. The lowest BCUT2D eigenvalue weighted by Crippen LogP contribution is -2.44. The average molecular weight is 1510 g/mol. The molecule has 0 saturated carbocycles. The highest BCUT2D eigenvalue weighted by molar-refractivity contribution is 5.91. The maximum Gasteiger partial charge on any atom is 0.338 e. The standard InChI is InChI=1S/C97H156O12/c1-5-9-13-17-21-25-29-33-37-41-45-49-53-57-77-102-89-69-61-85(62-70-89)93(98)106-81-97(82-107-94(99)86-63-71-90(72-64-86)103-78-58-54-50-46-42-38-34-30-26-22-18-14-10-6-2,83-108-95(100)87-65-73-91(74-66-87)104-79-59-55-51-47-43-39-35-31-27-23-19-15-11-7-3)84-109-96(101)88-67-75-92(76-68-88)105-80-60-56-52-48-44-40-36-32-28-24-20-16-12-8-4/h61-76H,5-60,77-84H2,1-4H3. The third-order valence-corrected chi connectivity index (χ3v) is 21.5. The van der Waals surface area contributed by atoms with E-state index < -0.39 is 55.7 Å². The zero-order valence-electron chi connectivity index (χ0n) is 69.9. The largest absolute Gasteiger partial charge is 0.494 e. The molecule has 4 rings (SSSR count). The molecule has 0 aliphatic rings. The lowest BCUT2D eigenvalue weighted by Gasteiger charge is -2.31. The van der Waals surface area contributed by atoms with Gasteiger partial charge in [-0.1, -0.05) is 362 Å². The van der Waals surface area contributed by atoms with Gasteiger partial charge in [0.15, 0.2) is 0 Å². The molecule has 0 saturated heterocycles. The van der Waals surface area contributed by atoms with Crippen LogP contribution in [0.5, 0.6) is 23.0 Å². The van der Waals surface area contributed by atoms with Crippen molar-refractivity contribution in [2.24, 2.45) is 5.41 Å². The first-order chi connectivity index (χ1) is 53.7. The molecule has 0 spiro atoms. The Bertz CT molecular complexity index is 2380. The SMILES string of the molecule is CCCCCCCCCCCCCCCCOc1ccc(C(=O)OCC(COC(=O)c2ccc(OCCCCCCCCCCCCCCCC)cc2)(COC(=O)c2ccc(OCCCCCCCCCCCCCCCC)cc2)COC(=O)c2ccc(OCCCCCCCCCCCCCCCC)cc2)cc1. The predicted octanol–water partition coefficient (Wildman–Crippen LogP) is 28.8. The normalized spacial score (nSPS) is 11.4. The lowest BCUT2D eigenvalue weighted by atomic mass is 9.92. The summed E-state index contributed by atoms with van der Waals surface area (Å²) in [5.74, 6) is -0.126. The van der Waals surface area contributed by atoms with Crippen molar-refractivity contribution in [2.75, 3.05) is 52.9 Å². The highest BCUT2D eigenvalue weighted by Crippen LogP contribution is 2.28. The van der Waals surface area contributed by atoms with Crippen molar-refractivity contribution < 1.29 is 57.1 Å². The average Bonchev–Trinajstić information content (AvgIpc) is 0.830. The number of rotatable bonds is 76. The van der Waals surface area contributed by atoms with Gasteiger partial charge in [0.2, 0.25) is 0 Å². The van der Waals surface area contributed by atoms with Gasteiger partial charge in [-0.25, -0.2) is 19.2 Å². The van der Waals surface area contributed by atoms with Gasteiger partial charge >= 0.3 is 23.9 Å². The molecule has 0 heterocycles. The van der Waals surface area contributed by atoms with Crippen LogP contribution in [0.1, 0.15) is 429 Å². The van der Waals surface area contributed by atoms with E-state index in [1.54, 1.807) is 97.1 Å². The van der Waals surface area contributed by atoms with Crippen LogP contribution in [-0.4, -0.2) is 76.7 Å². The highest BCUT2D eigenvalue weighted by atomic mass is 16.6. The van der Waals surface area contributed by atoms with Crippen molar-refractivity contribution in [3.63, 3.8) is 0 Å². The third kappa shape index (κ3) is 50.6. The predicted molar refractivity (Wildman–Crippen MR) is 453 cm³/mol. The van der Waals surface area contributed by atoms with Gasteiger partial charge in [0.1, 0.15) is 54.8 Å². The Labute approximate surface area is 665 Å². The second-order valence-electron chi connectivity index (χ2n) is 31.7. The first-order valence-electron chi connectivity index (χ1n) is 45.3. The quantitative estimate of drug-likeness (QED) is 0.0236. The van der Waals surface area contributed by atoms with Crippen molar-refractivity contribution in [1.82, 2.24) is 0 Å². The molecule has 0 unspecified atom stereocenters. The lowest BCUT2D eigenvalue weighted by molar-refractivity contribution is -0.0642. The second kappa shape index (κ2) is 67.6. The fourth-order valence-corrected chi connectivity index (χ4v) is 14.2. The summed E-state index contributed by atoms with van der Waals surface area (Å²) in [5.41, 5.74) is -0.554. The zero-order chi connectivity index (χ0) is 77.7. The molecule has 4 aromatic rings. The van der Waals surface area contributed by atoms with E-state index >= 15 is 0 Å². The smallest absolute Gasteiger partial charge is 0.338 e. The van der Waals surface area contributed by atoms with Crippen LogP contribution in [0.2, 0.25) is 0 Å². The van der Waals surface area contributed by atoms with Gasteiger partial charge in [-0.15, -0.1) is 0 Å². The molecule has 0 radical (unpaired) electrons. The molecule has 0 aliphatic heterocycles. The van der Waals surface area contributed by atoms with Gasteiger partial charge in [0, 0.05) is 0 Å². The molecular weight excluding hydrogens is 1360 g/mol. The molecule has 0 N–H and O–H groups in total. The van der Waals surface area contributed by atoms with E-state index in [1.807, 2.05) is 0 Å². The van der Waals surface area contributed by atoms with E-state index in [0.717, 1.165) is 51.4 Å². The summed E-state index contributed by atoms with van der Waals surface area (Å²) in [7, 11) is 0. The van der Waals surface area contributed by atoms with Gasteiger partial charge in [0.25, 0.3) is 0 Å². The maximum absolute atomic E-state index is 14.1. The fourth-order valence-electron chi connectivity index (χ4n) is 14.2. The maximum atomic E-state index is 14.1. The number of carbonyl (C=O) groups excluding carboxylic acids is 4. The molecule has 0 fully saturated rings. The van der Waals surface area contributed by atoms with Gasteiger partial charge in [-0.05, 0) is 123 Å². The van der Waals surface area contributed by atoms with Crippen molar-refractivity contribution >= 4 is 23.9 Å². The Morgan fingerprint density at radius 1 is 0.193 bits per heavy atom. The Kier molecular flexibility index (Phi) is 59.2. The fraction of sp³-hybridized carbons (Fsp3) is 0.711. The van der Waals surface area contributed by atoms with E-state index in [9.17, 15) is 19.2 Å². The molecule has 4 aromatic carbocycles. The first-order valence-corrected chi connectivity index (χ1v) is 45.3. The van der Waals surface area contributed by atoms with Crippen LogP contribution >= 0.6 is 0 Å². The van der Waals surface area contributed by atoms with Crippen LogP contribution in [0, 0.1) is 5.41 Å². The topological polar surface area (TPSA) is 142 Å². The first kappa shape index (κ1) is 95.3. The summed E-state index contributed by atoms with van der Waals surface area (Å²) in [6.45, 7) is 9.56. The molecule has 109 heavy (non-hydrogen) atoms. The summed E-state index contributed by atoms with van der Waals surface area (Å²) in [5, 5.41) is 0. The number of hydrogen-bond acceptors (Lipinski definition) is 12.